The quantitative estimate of drug-likeness (QED) is 0.437. The standard InChI is InChI=1S/C19H19ClN2O4/c1-2-3-18(24)22-14-7-4-12(5-8-14)17(23)11-26-19(25)13-6-9-15(20)16(21)10-13/h4-10H,2-3,11,21H2,1H3,(H,22,24). The minimum absolute atomic E-state index is 0.0808. The highest BCUT2D eigenvalue weighted by molar-refractivity contribution is 6.33. The van der Waals surface area contributed by atoms with Crippen molar-refractivity contribution in [1.82, 2.24) is 0 Å². The molecule has 0 aromatic heterocycles. The Morgan fingerprint density at radius 3 is 2.35 bits per heavy atom. The number of carbonyl (C=O) groups excluding carboxylic acids is 3. The highest BCUT2D eigenvalue weighted by Crippen LogP contribution is 2.20. The summed E-state index contributed by atoms with van der Waals surface area (Å²) >= 11 is 5.80. The molecular formula is C19H19ClN2O4. The summed E-state index contributed by atoms with van der Waals surface area (Å²) in [6.07, 6.45) is 1.19. The monoisotopic (exact) mass is 374 g/mol. The number of esters is 1. The number of halogens is 1. The molecule has 3 N–H and O–H groups in total. The van der Waals surface area contributed by atoms with E-state index < -0.39 is 12.6 Å². The Morgan fingerprint density at radius 2 is 1.73 bits per heavy atom. The zero-order chi connectivity index (χ0) is 19.1. The summed E-state index contributed by atoms with van der Waals surface area (Å²) in [6, 6.07) is 10.7. The van der Waals surface area contributed by atoms with Gasteiger partial charge in [0.05, 0.1) is 16.3 Å². The number of rotatable bonds is 7. The van der Waals surface area contributed by atoms with Gasteiger partial charge in [0.2, 0.25) is 5.91 Å². The molecule has 7 heteroatoms. The third-order valence-corrected chi connectivity index (χ3v) is 3.88. The maximum atomic E-state index is 12.1. The Kier molecular flexibility index (Phi) is 6.74. The second-order valence-corrected chi connectivity index (χ2v) is 6.02. The van der Waals surface area contributed by atoms with E-state index in [9.17, 15) is 14.4 Å². The van der Waals surface area contributed by atoms with E-state index in [4.69, 9.17) is 22.1 Å². The zero-order valence-corrected chi connectivity index (χ0v) is 15.0. The van der Waals surface area contributed by atoms with Gasteiger partial charge in [0.1, 0.15) is 0 Å². The molecule has 0 unspecified atom stereocenters. The van der Waals surface area contributed by atoms with E-state index in [1.807, 2.05) is 6.92 Å². The van der Waals surface area contributed by atoms with E-state index in [0.29, 0.717) is 22.7 Å². The summed E-state index contributed by atoms with van der Waals surface area (Å²) in [7, 11) is 0. The van der Waals surface area contributed by atoms with Crippen LogP contribution in [0.5, 0.6) is 0 Å². The number of hydrogen-bond donors (Lipinski definition) is 2. The maximum absolute atomic E-state index is 12.1. The van der Waals surface area contributed by atoms with Crippen molar-refractivity contribution < 1.29 is 19.1 Å². The first kappa shape index (κ1) is 19.5. The van der Waals surface area contributed by atoms with Crippen molar-refractivity contribution in [2.24, 2.45) is 0 Å². The minimum atomic E-state index is -0.662. The molecule has 2 aromatic carbocycles. The first-order chi connectivity index (χ1) is 12.4. The molecule has 0 bridgehead atoms. The fourth-order valence-corrected chi connectivity index (χ4v) is 2.28. The number of nitrogens with one attached hydrogen (secondary N) is 1. The van der Waals surface area contributed by atoms with E-state index in [2.05, 4.69) is 5.32 Å². The van der Waals surface area contributed by atoms with Gasteiger partial charge in [-0.05, 0) is 48.9 Å². The number of ether oxygens (including phenoxy) is 1. The van der Waals surface area contributed by atoms with Gasteiger partial charge in [-0.15, -0.1) is 0 Å². The lowest BCUT2D eigenvalue weighted by Gasteiger charge is -2.07. The molecule has 0 fully saturated rings. The second-order valence-electron chi connectivity index (χ2n) is 5.61. The molecule has 2 rings (SSSR count). The zero-order valence-electron chi connectivity index (χ0n) is 14.3. The average Bonchev–Trinajstić information content (AvgIpc) is 2.62. The van der Waals surface area contributed by atoms with Crippen LogP contribution < -0.4 is 11.1 Å². The van der Waals surface area contributed by atoms with Gasteiger partial charge in [0, 0.05) is 17.7 Å². The van der Waals surface area contributed by atoms with Crippen LogP contribution in [0.1, 0.15) is 40.5 Å². The Hall–Kier alpha value is -2.86. The number of ketones is 1. The van der Waals surface area contributed by atoms with Crippen LogP contribution in [0, 0.1) is 0 Å². The number of Topliss-reactive ketones (excluding diaryl/α,β-unsaturated/α-hetero) is 1. The maximum Gasteiger partial charge on any atom is 0.338 e. The van der Waals surface area contributed by atoms with Crippen LogP contribution in [0.15, 0.2) is 42.5 Å². The topological polar surface area (TPSA) is 98.5 Å². The molecule has 0 radical (unpaired) electrons. The van der Waals surface area contributed by atoms with Crippen LogP contribution in [0.25, 0.3) is 0 Å². The van der Waals surface area contributed by atoms with Crippen LogP contribution in [-0.2, 0) is 9.53 Å². The van der Waals surface area contributed by atoms with Crippen LogP contribution in [0.2, 0.25) is 5.02 Å². The van der Waals surface area contributed by atoms with E-state index in [-0.39, 0.29) is 22.9 Å². The van der Waals surface area contributed by atoms with Crippen molar-refractivity contribution in [1.29, 1.82) is 0 Å². The lowest BCUT2D eigenvalue weighted by atomic mass is 10.1. The van der Waals surface area contributed by atoms with E-state index >= 15 is 0 Å². The Balaban J connectivity index is 1.92. The van der Waals surface area contributed by atoms with Crippen molar-refractivity contribution in [3.8, 4) is 0 Å². The molecule has 0 aliphatic rings. The van der Waals surface area contributed by atoms with Crippen LogP contribution in [-0.4, -0.2) is 24.3 Å². The number of amides is 1. The highest BCUT2D eigenvalue weighted by atomic mass is 35.5. The minimum Gasteiger partial charge on any atom is -0.454 e. The van der Waals surface area contributed by atoms with Gasteiger partial charge in [-0.25, -0.2) is 4.79 Å². The number of nitrogen functional groups attached to an aromatic ring is 1. The smallest absolute Gasteiger partial charge is 0.338 e. The molecule has 0 aliphatic carbocycles. The summed E-state index contributed by atoms with van der Waals surface area (Å²) in [5, 5.41) is 3.07. The number of nitrogens with two attached hydrogens (primary N) is 1. The van der Waals surface area contributed by atoms with Crippen molar-refractivity contribution in [2.45, 2.75) is 19.8 Å². The molecule has 0 atom stereocenters. The first-order valence-electron chi connectivity index (χ1n) is 8.06. The third kappa shape index (κ3) is 5.32. The summed E-state index contributed by atoms with van der Waals surface area (Å²) in [6.45, 7) is 1.52. The summed E-state index contributed by atoms with van der Waals surface area (Å²) < 4.78 is 5.01. The molecule has 6 nitrogen and oxygen atoms in total. The predicted molar refractivity (Wildman–Crippen MR) is 100 cm³/mol. The number of anilines is 2. The van der Waals surface area contributed by atoms with Crippen molar-refractivity contribution in [3.05, 3.63) is 58.6 Å². The van der Waals surface area contributed by atoms with Gasteiger partial charge < -0.3 is 15.8 Å². The molecule has 0 saturated heterocycles. The molecular weight excluding hydrogens is 356 g/mol. The van der Waals surface area contributed by atoms with Gasteiger partial charge in [-0.2, -0.15) is 0 Å². The molecule has 1 amide bonds. The molecule has 2 aromatic rings. The predicted octanol–water partition coefficient (Wildman–Crippen LogP) is 3.70. The summed E-state index contributed by atoms with van der Waals surface area (Å²) in [4.78, 5) is 35.6. The third-order valence-electron chi connectivity index (χ3n) is 3.53. The van der Waals surface area contributed by atoms with Crippen LogP contribution in [0.4, 0.5) is 11.4 Å². The number of hydrogen-bond acceptors (Lipinski definition) is 5. The van der Waals surface area contributed by atoms with E-state index in [0.717, 1.165) is 6.42 Å². The van der Waals surface area contributed by atoms with Crippen LogP contribution >= 0.6 is 11.6 Å². The first-order valence-corrected chi connectivity index (χ1v) is 8.43. The molecule has 26 heavy (non-hydrogen) atoms. The van der Waals surface area contributed by atoms with Gasteiger partial charge >= 0.3 is 5.97 Å². The Morgan fingerprint density at radius 1 is 1.08 bits per heavy atom. The van der Waals surface area contributed by atoms with Gasteiger partial charge in [0.25, 0.3) is 0 Å². The summed E-state index contributed by atoms with van der Waals surface area (Å²) in [5.41, 5.74) is 7.09. The molecule has 0 spiro atoms. The normalized spacial score (nSPS) is 10.2. The SMILES string of the molecule is CCCC(=O)Nc1ccc(C(=O)COC(=O)c2ccc(Cl)c(N)c2)cc1. The molecule has 0 heterocycles. The van der Waals surface area contributed by atoms with E-state index in [1.165, 1.54) is 18.2 Å². The average molecular weight is 375 g/mol. The molecule has 0 aliphatic heterocycles. The lowest BCUT2D eigenvalue weighted by Crippen LogP contribution is -2.15. The number of carbonyl (C=O) groups is 3. The van der Waals surface area contributed by atoms with Gasteiger partial charge in [-0.3, -0.25) is 9.59 Å². The van der Waals surface area contributed by atoms with E-state index in [1.54, 1.807) is 24.3 Å². The Bertz CT molecular complexity index is 819. The number of benzene rings is 2. The highest BCUT2D eigenvalue weighted by Gasteiger charge is 2.13. The van der Waals surface area contributed by atoms with Crippen molar-refractivity contribution >= 4 is 40.6 Å². The Labute approximate surface area is 156 Å². The van der Waals surface area contributed by atoms with Gasteiger partial charge in [0.15, 0.2) is 12.4 Å². The fourth-order valence-electron chi connectivity index (χ4n) is 2.16. The molecule has 0 saturated carbocycles. The second kappa shape index (κ2) is 9.01. The lowest BCUT2D eigenvalue weighted by molar-refractivity contribution is -0.116. The largest absolute Gasteiger partial charge is 0.454 e. The van der Waals surface area contributed by atoms with Crippen molar-refractivity contribution in [2.75, 3.05) is 17.7 Å². The summed E-state index contributed by atoms with van der Waals surface area (Å²) in [5.74, 6) is -1.10. The van der Waals surface area contributed by atoms with Gasteiger partial charge in [-0.1, -0.05) is 18.5 Å². The van der Waals surface area contributed by atoms with Crippen LogP contribution in [0.3, 0.4) is 0 Å². The molecule has 136 valence electrons. The van der Waals surface area contributed by atoms with Crippen molar-refractivity contribution in [3.63, 3.8) is 0 Å². The fraction of sp³-hybridized carbons (Fsp3) is 0.211.